The van der Waals surface area contributed by atoms with Crippen LogP contribution in [0.2, 0.25) is 0 Å². The van der Waals surface area contributed by atoms with E-state index in [9.17, 15) is 40.5 Å². The molecule has 4 heterocycles. The van der Waals surface area contributed by atoms with Crippen LogP contribution in [0.5, 0.6) is 0 Å². The van der Waals surface area contributed by atoms with Crippen LogP contribution in [-0.4, -0.2) is 141 Å². The van der Waals surface area contributed by atoms with Crippen LogP contribution in [0.25, 0.3) is 0 Å². The Morgan fingerprint density at radius 2 is 1.47 bits per heavy atom. The minimum absolute atomic E-state index is 0.0443. The minimum atomic E-state index is -1.73. The number of carbonyl (C=O) groups is 1. The third kappa shape index (κ3) is 6.03. The van der Waals surface area contributed by atoms with Gasteiger partial charge < -0.3 is 64.2 Å². The molecule has 0 bridgehead atoms. The molecule has 14 heteroatoms. The number of hydrogen-bond donors (Lipinski definition) is 7. The summed E-state index contributed by atoms with van der Waals surface area (Å²) in [6, 6.07) is 0. The molecule has 0 aromatic heterocycles. The second-order valence-electron chi connectivity index (χ2n) is 18.6. The molecule has 4 saturated carbocycles. The predicted molar refractivity (Wildman–Crippen MR) is 183 cm³/mol. The van der Waals surface area contributed by atoms with Crippen molar-refractivity contribution in [1.82, 2.24) is 0 Å². The number of hydrogen-bond acceptors (Lipinski definition) is 14. The molecule has 1 spiro atoms. The average molecular weight is 755 g/mol. The zero-order valence-corrected chi connectivity index (χ0v) is 31.4. The first-order chi connectivity index (χ1) is 25.2. The maximum absolute atomic E-state index is 14.5. The summed E-state index contributed by atoms with van der Waals surface area (Å²) in [4.78, 5) is 14.5. The normalized spacial score (nSPS) is 58.2. The predicted octanol–water partition coefficient (Wildman–Crippen LogP) is 0.621. The number of rotatable bonds is 6. The van der Waals surface area contributed by atoms with Gasteiger partial charge >= 0.3 is 0 Å². The third-order valence-electron chi connectivity index (χ3n) is 16.0. The molecule has 8 aliphatic rings. The zero-order valence-electron chi connectivity index (χ0n) is 31.4. The smallest absolute Gasteiger partial charge is 0.187 e. The molecule has 4 aliphatic carbocycles. The minimum Gasteiger partial charge on any atom is -0.394 e. The monoisotopic (exact) mass is 754 g/mol. The highest BCUT2D eigenvalue weighted by atomic mass is 16.7. The number of aliphatic hydroxyl groups excluding tert-OH is 7. The third-order valence-corrected chi connectivity index (χ3v) is 16.0. The standard InChI is InChI=1S/C39H62O14/c1-17-7-10-39(48-16-17)18(2)28-24(53-39)12-23-21-6-5-19-11-20(8-9-37(19,3)22(21)13-27(42)38(23,28)4)49-35-33(47)31(45)34(26(15-41)51-35)52-36-32(46)30(44)29(43)25(14-40)50-36/h17-26,28-36,40-41,43-47H,5-16H2,1-4H3/t17-,18+,19+,20+,21-,22+,23+,24+,25-,26-,28+,29-,30+,31-,32-,33-,34-,35-,36+,37+,38-,39-/m1/s1. The number of Topliss-reactive ketones (excluding diaryl/α,β-unsaturated/α-hetero) is 1. The molecule has 4 aliphatic heterocycles. The first-order valence-corrected chi connectivity index (χ1v) is 20.3. The van der Waals surface area contributed by atoms with Crippen molar-refractivity contribution in [2.24, 2.45) is 52.3 Å². The maximum atomic E-state index is 14.5. The Labute approximate surface area is 311 Å². The molecule has 8 rings (SSSR count). The summed E-state index contributed by atoms with van der Waals surface area (Å²) >= 11 is 0. The van der Waals surface area contributed by atoms with E-state index in [0.717, 1.165) is 44.9 Å². The molecular formula is C39H62O14. The highest BCUT2D eigenvalue weighted by molar-refractivity contribution is 5.87. The lowest BCUT2D eigenvalue weighted by molar-refractivity contribution is -0.364. The Hall–Kier alpha value is -0.850. The Morgan fingerprint density at radius 3 is 2.17 bits per heavy atom. The van der Waals surface area contributed by atoms with Gasteiger partial charge in [-0.1, -0.05) is 27.7 Å². The fourth-order valence-corrected chi connectivity index (χ4v) is 12.9. The molecule has 4 saturated heterocycles. The Morgan fingerprint density at radius 1 is 0.774 bits per heavy atom. The fraction of sp³-hybridized carbons (Fsp3) is 0.974. The van der Waals surface area contributed by atoms with Gasteiger partial charge in [-0.25, -0.2) is 0 Å². The lowest BCUT2D eigenvalue weighted by Gasteiger charge is -2.60. The summed E-state index contributed by atoms with van der Waals surface area (Å²) in [6.45, 7) is 8.51. The zero-order chi connectivity index (χ0) is 37.8. The number of fused-ring (bicyclic) bond motifs is 7. The SMILES string of the molecule is C[C@@H]1CC[C@@]2(OC1)O[C@H]1C[C@H]3[C@@H]4CC[C@H]5C[C@@H](O[C@@H]6O[C@H](CO)[C@@H](O[C@@H]7O[C@H](CO)[C@@H](O)[C@H](O)[C@H]7O)[C@H](O)[C@H]6O)CC[C@]5(C)[C@H]4CC(=O)[C@]3(C)[C@H]1[C@@H]2C. The van der Waals surface area contributed by atoms with Crippen molar-refractivity contribution in [3.8, 4) is 0 Å². The van der Waals surface area contributed by atoms with E-state index in [1.165, 1.54) is 0 Å². The van der Waals surface area contributed by atoms with Crippen LogP contribution in [0.1, 0.15) is 85.5 Å². The topological polar surface area (TPSA) is 214 Å². The molecule has 8 fully saturated rings. The van der Waals surface area contributed by atoms with Crippen molar-refractivity contribution in [1.29, 1.82) is 0 Å². The molecule has 0 aromatic rings. The molecule has 22 atom stereocenters. The van der Waals surface area contributed by atoms with Gasteiger partial charge in [0.1, 0.15) is 54.6 Å². The van der Waals surface area contributed by atoms with E-state index in [1.807, 2.05) is 0 Å². The van der Waals surface area contributed by atoms with E-state index in [2.05, 4.69) is 27.7 Å². The molecule has 0 aromatic carbocycles. The van der Waals surface area contributed by atoms with Crippen molar-refractivity contribution < 1.29 is 69.0 Å². The molecule has 0 unspecified atom stereocenters. The second-order valence-corrected chi connectivity index (χ2v) is 18.6. The number of ketones is 1. The van der Waals surface area contributed by atoms with E-state index < -0.39 is 85.8 Å². The summed E-state index contributed by atoms with van der Waals surface area (Å²) in [6.07, 6.45) is -7.31. The van der Waals surface area contributed by atoms with Crippen LogP contribution in [0.3, 0.4) is 0 Å². The largest absolute Gasteiger partial charge is 0.394 e. The van der Waals surface area contributed by atoms with E-state index in [1.54, 1.807) is 0 Å². The van der Waals surface area contributed by atoms with Gasteiger partial charge in [-0.3, -0.25) is 4.79 Å². The van der Waals surface area contributed by atoms with Crippen molar-refractivity contribution in [2.45, 2.75) is 165 Å². The van der Waals surface area contributed by atoms with Gasteiger partial charge in [0.05, 0.1) is 32.0 Å². The molecule has 14 nitrogen and oxygen atoms in total. The van der Waals surface area contributed by atoms with Crippen LogP contribution < -0.4 is 0 Å². The van der Waals surface area contributed by atoms with Gasteiger partial charge in [-0.05, 0) is 80.0 Å². The number of carbonyl (C=O) groups excluding carboxylic acids is 1. The van der Waals surface area contributed by atoms with Gasteiger partial charge in [0.25, 0.3) is 0 Å². The van der Waals surface area contributed by atoms with Crippen LogP contribution in [-0.2, 0) is 33.2 Å². The highest BCUT2D eigenvalue weighted by Gasteiger charge is 2.72. The maximum Gasteiger partial charge on any atom is 0.187 e. The van der Waals surface area contributed by atoms with Gasteiger partial charge in [0.15, 0.2) is 18.4 Å². The Balaban J connectivity index is 0.909. The lowest BCUT2D eigenvalue weighted by Crippen LogP contribution is -2.65. The Bertz CT molecular complexity index is 1340. The van der Waals surface area contributed by atoms with Crippen LogP contribution >= 0.6 is 0 Å². The first kappa shape index (κ1) is 39.0. The highest BCUT2D eigenvalue weighted by Crippen LogP contribution is 2.70. The van der Waals surface area contributed by atoms with E-state index in [4.69, 9.17) is 28.4 Å². The summed E-state index contributed by atoms with van der Waals surface area (Å²) in [5, 5.41) is 72.8. The van der Waals surface area contributed by atoms with Gasteiger partial charge in [-0.15, -0.1) is 0 Å². The summed E-state index contributed by atoms with van der Waals surface area (Å²) < 4.78 is 36.7. The summed E-state index contributed by atoms with van der Waals surface area (Å²) in [5.41, 5.74) is -0.453. The lowest BCUT2D eigenvalue weighted by atomic mass is 9.44. The quantitative estimate of drug-likeness (QED) is 0.185. The molecule has 0 radical (unpaired) electrons. The van der Waals surface area contributed by atoms with E-state index in [0.29, 0.717) is 48.9 Å². The van der Waals surface area contributed by atoms with E-state index in [-0.39, 0.29) is 35.4 Å². The van der Waals surface area contributed by atoms with Crippen molar-refractivity contribution in [3.05, 3.63) is 0 Å². The number of ether oxygens (including phenoxy) is 6. The average Bonchev–Trinajstić information content (AvgIpc) is 3.59. The molecule has 302 valence electrons. The van der Waals surface area contributed by atoms with Crippen molar-refractivity contribution in [2.75, 3.05) is 19.8 Å². The van der Waals surface area contributed by atoms with Crippen molar-refractivity contribution >= 4 is 5.78 Å². The van der Waals surface area contributed by atoms with Crippen molar-refractivity contribution in [3.63, 3.8) is 0 Å². The van der Waals surface area contributed by atoms with E-state index >= 15 is 0 Å². The van der Waals surface area contributed by atoms with Gasteiger partial charge in [0.2, 0.25) is 0 Å². The second kappa shape index (κ2) is 14.2. The van der Waals surface area contributed by atoms with Gasteiger partial charge in [-0.2, -0.15) is 0 Å². The van der Waals surface area contributed by atoms with Crippen LogP contribution in [0.4, 0.5) is 0 Å². The summed E-state index contributed by atoms with van der Waals surface area (Å²) in [7, 11) is 0. The van der Waals surface area contributed by atoms with Crippen LogP contribution in [0.15, 0.2) is 0 Å². The number of aliphatic hydroxyl groups is 7. The fourth-order valence-electron chi connectivity index (χ4n) is 12.9. The molecular weight excluding hydrogens is 692 g/mol. The Kier molecular flexibility index (Phi) is 10.5. The van der Waals surface area contributed by atoms with Crippen LogP contribution in [0, 0.1) is 52.3 Å². The molecule has 0 amide bonds. The van der Waals surface area contributed by atoms with Gasteiger partial charge in [0, 0.05) is 30.1 Å². The molecule has 53 heavy (non-hydrogen) atoms. The molecule has 7 N–H and O–H groups in total. The summed E-state index contributed by atoms with van der Waals surface area (Å²) in [5.74, 6) is 2.02. The first-order valence-electron chi connectivity index (χ1n) is 20.3.